The summed E-state index contributed by atoms with van der Waals surface area (Å²) >= 11 is 0. The summed E-state index contributed by atoms with van der Waals surface area (Å²) in [5.74, 6) is 0.994. The summed E-state index contributed by atoms with van der Waals surface area (Å²) in [7, 11) is 1.49. The number of likely N-dealkylation sites (N-methyl/N-ethyl adjacent to an activating group) is 1. The summed E-state index contributed by atoms with van der Waals surface area (Å²) in [6, 6.07) is 20.9. The molecule has 0 spiro atoms. The van der Waals surface area contributed by atoms with E-state index in [2.05, 4.69) is 70.9 Å². The predicted octanol–water partition coefficient (Wildman–Crippen LogP) is 4.63. The molecule has 2 aromatic rings. The van der Waals surface area contributed by atoms with Crippen LogP contribution in [0.4, 0.5) is 4.79 Å². The molecule has 0 aromatic heterocycles. The van der Waals surface area contributed by atoms with Gasteiger partial charge in [0, 0.05) is 26.2 Å². The highest BCUT2D eigenvalue weighted by atomic mass is 16.4. The largest absolute Gasteiger partial charge is 0.465 e. The van der Waals surface area contributed by atoms with Crippen LogP contribution in [-0.4, -0.2) is 59.1 Å². The number of likely N-dealkylation sites (tertiary alicyclic amines) is 1. The summed E-state index contributed by atoms with van der Waals surface area (Å²) in [4.78, 5) is 28.5. The van der Waals surface area contributed by atoms with Gasteiger partial charge in [0.1, 0.15) is 6.04 Å². The number of nitrogens with zero attached hydrogens (tertiary/aromatic N) is 2. The van der Waals surface area contributed by atoms with Gasteiger partial charge in [-0.1, -0.05) is 74.5 Å². The predicted molar refractivity (Wildman–Crippen MR) is 133 cm³/mol. The SMILES string of the molecule is CC(C)C[C@@H](C(=O)N[C@@H]1CC[C@H]2CN(C(c3ccccc3)c3ccccc3)C[C@H]21)N(C)C(=O)O. The smallest absolute Gasteiger partial charge is 0.407 e. The highest BCUT2D eigenvalue weighted by Crippen LogP contribution is 2.43. The zero-order valence-corrected chi connectivity index (χ0v) is 20.4. The molecular formula is C28H37N3O3. The lowest BCUT2D eigenvalue weighted by molar-refractivity contribution is -0.127. The first kappa shape index (κ1) is 24.3. The molecule has 182 valence electrons. The Balaban J connectivity index is 1.50. The van der Waals surface area contributed by atoms with Crippen molar-refractivity contribution in [1.29, 1.82) is 0 Å². The van der Waals surface area contributed by atoms with E-state index in [-0.39, 0.29) is 23.9 Å². The van der Waals surface area contributed by atoms with Crippen LogP contribution < -0.4 is 5.32 Å². The number of hydrogen-bond donors (Lipinski definition) is 2. The standard InChI is InChI=1S/C28H37N3O3/c1-19(2)16-25(30(3)28(33)34)27(32)29-24-15-14-22-17-31(18-23(22)24)26(20-10-6-4-7-11-20)21-12-8-5-9-13-21/h4-13,19,22-26H,14-18H2,1-3H3,(H,29,32)(H,33,34)/t22-,23+,24+,25-/m0/s1. The number of amides is 2. The Bertz CT molecular complexity index is 926. The summed E-state index contributed by atoms with van der Waals surface area (Å²) in [6.07, 6.45) is 1.50. The van der Waals surface area contributed by atoms with E-state index in [0.717, 1.165) is 30.8 Å². The molecule has 1 aliphatic heterocycles. The fraction of sp³-hybridized carbons (Fsp3) is 0.500. The van der Waals surface area contributed by atoms with Crippen molar-refractivity contribution in [3.05, 3.63) is 71.8 Å². The maximum absolute atomic E-state index is 13.2. The van der Waals surface area contributed by atoms with Crippen LogP contribution in [0.2, 0.25) is 0 Å². The molecule has 6 heteroatoms. The number of nitrogens with one attached hydrogen (secondary N) is 1. The van der Waals surface area contributed by atoms with Gasteiger partial charge in [0.05, 0.1) is 6.04 Å². The number of carboxylic acid groups (broad SMARTS) is 1. The number of fused-ring (bicyclic) bond motifs is 1. The zero-order valence-electron chi connectivity index (χ0n) is 20.4. The van der Waals surface area contributed by atoms with Gasteiger partial charge < -0.3 is 10.4 Å². The summed E-state index contributed by atoms with van der Waals surface area (Å²) in [5, 5.41) is 12.7. The van der Waals surface area contributed by atoms with Crippen LogP contribution in [0.1, 0.15) is 50.3 Å². The molecule has 4 rings (SSSR count). The van der Waals surface area contributed by atoms with Crippen LogP contribution in [0.25, 0.3) is 0 Å². The molecule has 6 nitrogen and oxygen atoms in total. The minimum atomic E-state index is -1.06. The minimum absolute atomic E-state index is 0.0894. The maximum Gasteiger partial charge on any atom is 0.407 e. The van der Waals surface area contributed by atoms with Gasteiger partial charge in [0.2, 0.25) is 5.91 Å². The zero-order chi connectivity index (χ0) is 24.2. The molecule has 1 aliphatic carbocycles. The summed E-state index contributed by atoms with van der Waals surface area (Å²) in [5.41, 5.74) is 2.57. The van der Waals surface area contributed by atoms with Crippen molar-refractivity contribution in [1.82, 2.24) is 15.1 Å². The molecule has 2 aromatic carbocycles. The fourth-order valence-electron chi connectivity index (χ4n) is 5.87. The Morgan fingerprint density at radius 3 is 2.12 bits per heavy atom. The molecule has 0 unspecified atom stereocenters. The Labute approximate surface area is 203 Å². The third kappa shape index (κ3) is 5.27. The van der Waals surface area contributed by atoms with Gasteiger partial charge >= 0.3 is 6.09 Å². The van der Waals surface area contributed by atoms with Gasteiger partial charge in [-0.2, -0.15) is 0 Å². The van der Waals surface area contributed by atoms with Gasteiger partial charge in [0.25, 0.3) is 0 Å². The first-order valence-corrected chi connectivity index (χ1v) is 12.4. The lowest BCUT2D eigenvalue weighted by atomic mass is 9.96. The first-order chi connectivity index (χ1) is 16.3. The molecule has 1 heterocycles. The van der Waals surface area contributed by atoms with Crippen molar-refractivity contribution in [2.45, 2.75) is 51.2 Å². The molecule has 34 heavy (non-hydrogen) atoms. The van der Waals surface area contributed by atoms with Gasteiger partial charge in [-0.15, -0.1) is 0 Å². The van der Waals surface area contributed by atoms with Crippen molar-refractivity contribution < 1.29 is 14.7 Å². The van der Waals surface area contributed by atoms with Crippen LogP contribution in [0.5, 0.6) is 0 Å². The van der Waals surface area contributed by atoms with Crippen molar-refractivity contribution in [3.63, 3.8) is 0 Å². The van der Waals surface area contributed by atoms with Crippen LogP contribution in [0.15, 0.2) is 60.7 Å². The molecule has 2 aliphatic rings. The quantitative estimate of drug-likeness (QED) is 0.599. The number of hydrogen-bond acceptors (Lipinski definition) is 3. The first-order valence-electron chi connectivity index (χ1n) is 12.4. The van der Waals surface area contributed by atoms with Crippen molar-refractivity contribution in [2.75, 3.05) is 20.1 Å². The van der Waals surface area contributed by atoms with Crippen LogP contribution in [0.3, 0.4) is 0 Å². The minimum Gasteiger partial charge on any atom is -0.465 e. The van der Waals surface area contributed by atoms with E-state index in [0.29, 0.717) is 18.3 Å². The molecule has 2 N–H and O–H groups in total. The lowest BCUT2D eigenvalue weighted by Gasteiger charge is -2.31. The molecule has 0 bridgehead atoms. The highest BCUT2D eigenvalue weighted by molar-refractivity contribution is 5.85. The Morgan fingerprint density at radius 1 is 1.00 bits per heavy atom. The van der Waals surface area contributed by atoms with Gasteiger partial charge in [0.15, 0.2) is 0 Å². The number of benzene rings is 2. The third-order valence-corrected chi connectivity index (χ3v) is 7.58. The Hall–Kier alpha value is -2.86. The maximum atomic E-state index is 13.2. The second-order valence-corrected chi connectivity index (χ2v) is 10.3. The molecular weight excluding hydrogens is 426 g/mol. The monoisotopic (exact) mass is 463 g/mol. The Morgan fingerprint density at radius 2 is 1.59 bits per heavy atom. The molecule has 1 saturated heterocycles. The van der Waals surface area contributed by atoms with Crippen LogP contribution in [0, 0.1) is 17.8 Å². The normalized spacial score (nSPS) is 23.1. The molecule has 2 amide bonds. The topological polar surface area (TPSA) is 72.9 Å². The average Bonchev–Trinajstić information content (AvgIpc) is 3.40. The van der Waals surface area contributed by atoms with E-state index >= 15 is 0 Å². The van der Waals surface area contributed by atoms with Gasteiger partial charge in [-0.3, -0.25) is 14.6 Å². The van der Waals surface area contributed by atoms with Gasteiger partial charge in [-0.05, 0) is 48.1 Å². The molecule has 1 saturated carbocycles. The highest BCUT2D eigenvalue weighted by Gasteiger charge is 2.46. The van der Waals surface area contributed by atoms with E-state index < -0.39 is 12.1 Å². The summed E-state index contributed by atoms with van der Waals surface area (Å²) < 4.78 is 0. The molecule has 4 atom stereocenters. The second-order valence-electron chi connectivity index (χ2n) is 10.3. The lowest BCUT2D eigenvalue weighted by Crippen LogP contribution is -2.51. The van der Waals surface area contributed by atoms with Crippen molar-refractivity contribution in [2.24, 2.45) is 17.8 Å². The summed E-state index contributed by atoms with van der Waals surface area (Å²) in [6.45, 7) is 5.97. The van der Waals surface area contributed by atoms with Gasteiger partial charge in [-0.25, -0.2) is 4.79 Å². The van der Waals surface area contributed by atoms with E-state index in [1.165, 1.54) is 18.2 Å². The number of carbonyl (C=O) groups is 2. The fourth-order valence-corrected chi connectivity index (χ4v) is 5.87. The second kappa shape index (κ2) is 10.6. The van der Waals surface area contributed by atoms with Crippen LogP contribution in [-0.2, 0) is 4.79 Å². The Kier molecular flexibility index (Phi) is 7.57. The molecule has 2 fully saturated rings. The van der Waals surface area contributed by atoms with Crippen LogP contribution >= 0.6 is 0 Å². The molecule has 0 radical (unpaired) electrons. The van der Waals surface area contributed by atoms with Crippen molar-refractivity contribution in [3.8, 4) is 0 Å². The number of rotatable bonds is 8. The van der Waals surface area contributed by atoms with E-state index in [9.17, 15) is 14.7 Å². The van der Waals surface area contributed by atoms with E-state index in [1.807, 2.05) is 13.8 Å². The third-order valence-electron chi connectivity index (χ3n) is 7.58. The van der Waals surface area contributed by atoms with E-state index in [4.69, 9.17) is 0 Å². The average molecular weight is 464 g/mol. The van der Waals surface area contributed by atoms with Crippen molar-refractivity contribution >= 4 is 12.0 Å². The number of carbonyl (C=O) groups excluding carboxylic acids is 1. The van der Waals surface area contributed by atoms with E-state index in [1.54, 1.807) is 0 Å².